The summed E-state index contributed by atoms with van der Waals surface area (Å²) in [6, 6.07) is 4.11. The van der Waals surface area contributed by atoms with Crippen molar-refractivity contribution in [2.24, 2.45) is 5.41 Å². The molecule has 1 aromatic heterocycles. The van der Waals surface area contributed by atoms with Crippen molar-refractivity contribution in [3.05, 3.63) is 35.0 Å². The lowest BCUT2D eigenvalue weighted by Gasteiger charge is -2.21. The standard InChI is InChI=1S/C10H14OS/c1-3-10(2,8-11)7-9-5-4-6-12-9/h3-6,11H,1,7-8H2,2H3. The Bertz CT molecular complexity index is 240. The monoisotopic (exact) mass is 182 g/mol. The van der Waals surface area contributed by atoms with Gasteiger partial charge in [0.1, 0.15) is 0 Å². The average molecular weight is 182 g/mol. The summed E-state index contributed by atoms with van der Waals surface area (Å²) in [5.41, 5.74) is -0.162. The molecule has 0 saturated carbocycles. The molecule has 1 rings (SSSR count). The quantitative estimate of drug-likeness (QED) is 0.709. The van der Waals surface area contributed by atoms with Gasteiger partial charge in [-0.25, -0.2) is 0 Å². The molecular weight excluding hydrogens is 168 g/mol. The maximum absolute atomic E-state index is 9.12. The molecule has 1 aromatic rings. The fourth-order valence-electron chi connectivity index (χ4n) is 1.00. The first-order chi connectivity index (χ1) is 5.70. The number of aliphatic hydroxyl groups excluding tert-OH is 1. The lowest BCUT2D eigenvalue weighted by molar-refractivity contribution is 0.185. The minimum atomic E-state index is -0.162. The zero-order chi connectivity index (χ0) is 9.03. The van der Waals surface area contributed by atoms with Gasteiger partial charge in [-0.05, 0) is 17.9 Å². The Kier molecular flexibility index (Phi) is 3.06. The molecule has 1 atom stereocenters. The van der Waals surface area contributed by atoms with Crippen molar-refractivity contribution >= 4 is 11.3 Å². The number of rotatable bonds is 4. The van der Waals surface area contributed by atoms with Crippen molar-refractivity contribution in [3.8, 4) is 0 Å². The molecule has 1 unspecified atom stereocenters. The van der Waals surface area contributed by atoms with E-state index >= 15 is 0 Å². The minimum absolute atomic E-state index is 0.161. The highest BCUT2D eigenvalue weighted by atomic mass is 32.1. The van der Waals surface area contributed by atoms with Gasteiger partial charge in [0, 0.05) is 10.3 Å². The number of aliphatic hydroxyl groups is 1. The van der Waals surface area contributed by atoms with Crippen LogP contribution in [0.1, 0.15) is 11.8 Å². The van der Waals surface area contributed by atoms with Crippen molar-refractivity contribution in [2.45, 2.75) is 13.3 Å². The van der Waals surface area contributed by atoms with Gasteiger partial charge in [0.05, 0.1) is 6.61 Å². The summed E-state index contributed by atoms with van der Waals surface area (Å²) in [6.45, 7) is 5.90. The van der Waals surface area contributed by atoms with Crippen LogP contribution in [0.4, 0.5) is 0 Å². The summed E-state index contributed by atoms with van der Waals surface area (Å²) in [6.07, 6.45) is 2.71. The molecule has 2 heteroatoms. The fraction of sp³-hybridized carbons (Fsp3) is 0.400. The summed E-state index contributed by atoms with van der Waals surface area (Å²) < 4.78 is 0. The van der Waals surface area contributed by atoms with E-state index in [0.29, 0.717) is 0 Å². The van der Waals surface area contributed by atoms with E-state index in [4.69, 9.17) is 5.11 Å². The van der Waals surface area contributed by atoms with Crippen molar-refractivity contribution in [3.63, 3.8) is 0 Å². The average Bonchev–Trinajstić information content (AvgIpc) is 2.57. The zero-order valence-corrected chi connectivity index (χ0v) is 8.10. The van der Waals surface area contributed by atoms with E-state index in [9.17, 15) is 0 Å². The normalized spacial score (nSPS) is 15.5. The first-order valence-corrected chi connectivity index (χ1v) is 4.85. The third-order valence-electron chi connectivity index (χ3n) is 2.01. The van der Waals surface area contributed by atoms with Gasteiger partial charge in [0.2, 0.25) is 0 Å². The van der Waals surface area contributed by atoms with E-state index in [1.165, 1.54) is 4.88 Å². The van der Waals surface area contributed by atoms with Crippen molar-refractivity contribution < 1.29 is 5.11 Å². The van der Waals surface area contributed by atoms with Crippen LogP contribution in [0.2, 0.25) is 0 Å². The van der Waals surface area contributed by atoms with Crippen LogP contribution >= 0.6 is 11.3 Å². The molecule has 0 saturated heterocycles. The Morgan fingerprint density at radius 1 is 1.75 bits per heavy atom. The van der Waals surface area contributed by atoms with Crippen LogP contribution < -0.4 is 0 Å². The van der Waals surface area contributed by atoms with Crippen LogP contribution in [0.5, 0.6) is 0 Å². The molecule has 1 heterocycles. The molecule has 0 bridgehead atoms. The first kappa shape index (κ1) is 9.49. The predicted molar refractivity (Wildman–Crippen MR) is 53.4 cm³/mol. The van der Waals surface area contributed by atoms with Crippen LogP contribution in [-0.2, 0) is 6.42 Å². The highest BCUT2D eigenvalue weighted by Crippen LogP contribution is 2.25. The second-order valence-corrected chi connectivity index (χ2v) is 4.30. The molecule has 66 valence electrons. The Morgan fingerprint density at radius 3 is 2.92 bits per heavy atom. The molecule has 0 aliphatic carbocycles. The molecule has 1 nitrogen and oxygen atoms in total. The summed E-state index contributed by atoms with van der Waals surface area (Å²) in [5.74, 6) is 0. The van der Waals surface area contributed by atoms with Crippen molar-refractivity contribution in [2.75, 3.05) is 6.61 Å². The van der Waals surface area contributed by atoms with E-state index in [2.05, 4.69) is 18.0 Å². The summed E-state index contributed by atoms with van der Waals surface area (Å²) in [7, 11) is 0. The van der Waals surface area contributed by atoms with Crippen LogP contribution in [-0.4, -0.2) is 11.7 Å². The largest absolute Gasteiger partial charge is 0.395 e. The second-order valence-electron chi connectivity index (χ2n) is 3.27. The summed E-state index contributed by atoms with van der Waals surface area (Å²) in [5, 5.41) is 11.2. The molecular formula is C10H14OS. The molecule has 0 aliphatic rings. The van der Waals surface area contributed by atoms with E-state index in [1.807, 2.05) is 19.1 Å². The van der Waals surface area contributed by atoms with Gasteiger partial charge in [0.15, 0.2) is 0 Å². The Balaban J connectivity index is 2.66. The Hall–Kier alpha value is -0.600. The van der Waals surface area contributed by atoms with Crippen molar-refractivity contribution in [1.29, 1.82) is 0 Å². The number of thiophene rings is 1. The van der Waals surface area contributed by atoms with Gasteiger partial charge >= 0.3 is 0 Å². The highest BCUT2D eigenvalue weighted by molar-refractivity contribution is 7.09. The van der Waals surface area contributed by atoms with Crippen LogP contribution in [0, 0.1) is 5.41 Å². The minimum Gasteiger partial charge on any atom is -0.395 e. The van der Waals surface area contributed by atoms with Crippen LogP contribution in [0.25, 0.3) is 0 Å². The lowest BCUT2D eigenvalue weighted by Crippen LogP contribution is -2.20. The van der Waals surface area contributed by atoms with Gasteiger partial charge < -0.3 is 5.11 Å². The number of hydrogen-bond donors (Lipinski definition) is 1. The third kappa shape index (κ3) is 2.19. The van der Waals surface area contributed by atoms with E-state index in [-0.39, 0.29) is 12.0 Å². The maximum Gasteiger partial charge on any atom is 0.0522 e. The van der Waals surface area contributed by atoms with E-state index in [0.717, 1.165) is 6.42 Å². The van der Waals surface area contributed by atoms with E-state index < -0.39 is 0 Å². The van der Waals surface area contributed by atoms with Gasteiger partial charge in [-0.2, -0.15) is 0 Å². The van der Waals surface area contributed by atoms with Gasteiger partial charge in [-0.1, -0.05) is 19.1 Å². The maximum atomic E-state index is 9.12. The lowest BCUT2D eigenvalue weighted by atomic mass is 9.87. The van der Waals surface area contributed by atoms with Gasteiger partial charge in [0.25, 0.3) is 0 Å². The smallest absolute Gasteiger partial charge is 0.0522 e. The Morgan fingerprint density at radius 2 is 2.50 bits per heavy atom. The van der Waals surface area contributed by atoms with Gasteiger partial charge in [-0.3, -0.25) is 0 Å². The summed E-state index contributed by atoms with van der Waals surface area (Å²) in [4.78, 5) is 1.30. The zero-order valence-electron chi connectivity index (χ0n) is 7.29. The highest BCUT2D eigenvalue weighted by Gasteiger charge is 2.19. The summed E-state index contributed by atoms with van der Waals surface area (Å²) >= 11 is 1.72. The third-order valence-corrected chi connectivity index (χ3v) is 2.89. The molecule has 0 aliphatic heterocycles. The number of hydrogen-bond acceptors (Lipinski definition) is 2. The fourth-order valence-corrected chi connectivity index (χ4v) is 1.91. The first-order valence-electron chi connectivity index (χ1n) is 3.97. The molecule has 1 N–H and O–H groups in total. The Labute approximate surface area is 77.4 Å². The van der Waals surface area contributed by atoms with Crippen molar-refractivity contribution in [1.82, 2.24) is 0 Å². The predicted octanol–water partition coefficient (Wildman–Crippen LogP) is 2.48. The topological polar surface area (TPSA) is 20.2 Å². The molecule has 0 fully saturated rings. The SMILES string of the molecule is C=CC(C)(CO)Cc1cccs1. The van der Waals surface area contributed by atoms with Crippen LogP contribution in [0.15, 0.2) is 30.2 Å². The van der Waals surface area contributed by atoms with Crippen LogP contribution in [0.3, 0.4) is 0 Å². The molecule has 0 radical (unpaired) electrons. The molecule has 0 amide bonds. The van der Waals surface area contributed by atoms with Gasteiger partial charge in [-0.15, -0.1) is 17.9 Å². The second kappa shape index (κ2) is 3.87. The molecule has 0 aromatic carbocycles. The molecule has 12 heavy (non-hydrogen) atoms. The van der Waals surface area contributed by atoms with E-state index in [1.54, 1.807) is 11.3 Å². The molecule has 0 spiro atoms.